The van der Waals surface area contributed by atoms with Gasteiger partial charge < -0.3 is 4.42 Å². The van der Waals surface area contributed by atoms with Crippen LogP contribution in [0.3, 0.4) is 0 Å². The van der Waals surface area contributed by atoms with Crippen LogP contribution in [0, 0.1) is 0 Å². The fraction of sp³-hybridized carbons (Fsp3) is 0.0156. The van der Waals surface area contributed by atoms with Gasteiger partial charge in [0.15, 0.2) is 17.5 Å². The minimum atomic E-state index is -0.427. The standard InChI is InChI=1S/C64H35N3OS2/c1-6-22-48-39(14-1)40-15-2-7-23-49(40)64(48)50-24-8-3-17-43(50)58-38(19-11-25-51(58)64)36-31-33-52-47(34-36)59-45(20-12-26-53(59)68-52)62-65-61(37-30-32-42-41-16-4-9-27-54(41)70-57(42)35-37)66-63(67-62)46-21-13-29-56-60(46)44-18-5-10-28-55(44)69-56/h1-35H. The molecule has 14 aromatic rings. The van der Waals surface area contributed by atoms with E-state index in [0.717, 1.165) is 49.6 Å². The van der Waals surface area contributed by atoms with Gasteiger partial charge in [-0.3, -0.25) is 0 Å². The summed E-state index contributed by atoms with van der Waals surface area (Å²) in [5.74, 6) is 1.86. The van der Waals surface area contributed by atoms with Crippen LogP contribution in [0.2, 0.25) is 0 Å². The van der Waals surface area contributed by atoms with Gasteiger partial charge in [-0.05, 0) is 98.1 Å². The summed E-state index contributed by atoms with van der Waals surface area (Å²) >= 11 is 3.60. The van der Waals surface area contributed by atoms with E-state index in [9.17, 15) is 0 Å². The van der Waals surface area contributed by atoms with Crippen molar-refractivity contribution in [1.82, 2.24) is 15.0 Å². The first-order valence-electron chi connectivity index (χ1n) is 23.7. The summed E-state index contributed by atoms with van der Waals surface area (Å²) in [6.45, 7) is 0. The van der Waals surface area contributed by atoms with Gasteiger partial charge in [0.25, 0.3) is 0 Å². The Kier molecular flexibility index (Phi) is 7.82. The second-order valence-corrected chi connectivity index (χ2v) is 20.7. The number of furan rings is 1. The minimum absolute atomic E-state index is 0.427. The number of hydrogen-bond donors (Lipinski definition) is 0. The average molecular weight is 926 g/mol. The van der Waals surface area contributed by atoms with E-state index < -0.39 is 5.41 Å². The molecule has 4 heterocycles. The van der Waals surface area contributed by atoms with Gasteiger partial charge in [0.2, 0.25) is 0 Å². The molecule has 0 radical (unpaired) electrons. The van der Waals surface area contributed by atoms with Crippen molar-refractivity contribution in [3.63, 3.8) is 0 Å². The molecule has 0 bridgehead atoms. The average Bonchev–Trinajstić information content (AvgIpc) is 4.23. The number of nitrogens with zero attached hydrogens (tertiary/aromatic N) is 3. The number of benzene rings is 10. The zero-order valence-corrected chi connectivity index (χ0v) is 38.9. The summed E-state index contributed by atoms with van der Waals surface area (Å²) in [5, 5.41) is 6.85. The van der Waals surface area contributed by atoms with Gasteiger partial charge in [-0.25, -0.2) is 15.0 Å². The molecular weight excluding hydrogens is 891 g/mol. The monoisotopic (exact) mass is 925 g/mol. The SMILES string of the molecule is c1ccc2c(c1)-c1ccccc1C21c2ccccc2-c2c(-c3ccc4oc5cccc(-c6nc(-c7ccc8c(c7)sc7ccccc78)nc(-c7cccc8sc9ccccc9c78)n6)c5c4c3)cccc21. The molecule has 0 atom stereocenters. The molecule has 0 saturated carbocycles. The third-order valence-corrected chi connectivity index (χ3v) is 17.3. The van der Waals surface area contributed by atoms with Gasteiger partial charge in [0.05, 0.1) is 5.41 Å². The third kappa shape index (κ3) is 5.16. The van der Waals surface area contributed by atoms with Crippen molar-refractivity contribution >= 4 is 85.0 Å². The Hall–Kier alpha value is -8.55. The molecule has 1 spiro atoms. The number of rotatable bonds is 4. The Balaban J connectivity index is 0.922. The Labute approximate surface area is 409 Å². The molecule has 0 unspecified atom stereocenters. The maximum atomic E-state index is 6.74. The van der Waals surface area contributed by atoms with Gasteiger partial charge in [0, 0.05) is 67.8 Å². The van der Waals surface area contributed by atoms with E-state index in [-0.39, 0.29) is 0 Å². The van der Waals surface area contributed by atoms with Gasteiger partial charge in [-0.2, -0.15) is 0 Å². The van der Waals surface area contributed by atoms with E-state index >= 15 is 0 Å². The Morgan fingerprint density at radius 2 is 0.843 bits per heavy atom. The molecule has 2 aliphatic rings. The summed E-state index contributed by atoms with van der Waals surface area (Å²) in [7, 11) is 0. The molecule has 324 valence electrons. The summed E-state index contributed by atoms with van der Waals surface area (Å²) in [4.78, 5) is 16.2. The highest BCUT2D eigenvalue weighted by molar-refractivity contribution is 7.26. The highest BCUT2D eigenvalue weighted by Gasteiger charge is 2.52. The molecule has 6 heteroatoms. The van der Waals surface area contributed by atoms with E-state index in [1.165, 1.54) is 85.0 Å². The molecule has 2 aliphatic carbocycles. The highest BCUT2D eigenvalue weighted by Crippen LogP contribution is 2.64. The van der Waals surface area contributed by atoms with Crippen LogP contribution in [0.1, 0.15) is 22.3 Å². The number of fused-ring (bicyclic) bond motifs is 19. The van der Waals surface area contributed by atoms with Gasteiger partial charge >= 0.3 is 0 Å². The maximum Gasteiger partial charge on any atom is 0.164 e. The Morgan fingerprint density at radius 1 is 0.314 bits per heavy atom. The van der Waals surface area contributed by atoms with Crippen LogP contribution >= 0.6 is 22.7 Å². The smallest absolute Gasteiger partial charge is 0.164 e. The summed E-state index contributed by atoms with van der Waals surface area (Å²) in [5.41, 5.74) is 16.8. The lowest BCUT2D eigenvalue weighted by atomic mass is 9.70. The number of aromatic nitrogens is 3. The molecule has 10 aromatic carbocycles. The van der Waals surface area contributed by atoms with Crippen LogP contribution in [0.15, 0.2) is 217 Å². The Morgan fingerprint density at radius 3 is 1.63 bits per heavy atom. The second-order valence-electron chi connectivity index (χ2n) is 18.5. The summed E-state index contributed by atoms with van der Waals surface area (Å²) in [6, 6.07) is 77.2. The van der Waals surface area contributed by atoms with Crippen molar-refractivity contribution in [2.24, 2.45) is 0 Å². The third-order valence-electron chi connectivity index (χ3n) is 15.0. The lowest BCUT2D eigenvalue weighted by molar-refractivity contribution is 0.669. The number of thiophene rings is 2. The first-order chi connectivity index (χ1) is 34.7. The molecule has 0 saturated heterocycles. The lowest BCUT2D eigenvalue weighted by Crippen LogP contribution is -2.25. The largest absolute Gasteiger partial charge is 0.456 e. The van der Waals surface area contributed by atoms with Crippen LogP contribution in [-0.2, 0) is 5.41 Å². The molecule has 70 heavy (non-hydrogen) atoms. The molecule has 0 amide bonds. The normalized spacial score (nSPS) is 13.3. The van der Waals surface area contributed by atoms with Crippen LogP contribution in [0.4, 0.5) is 0 Å². The van der Waals surface area contributed by atoms with Gasteiger partial charge in [-0.1, -0.05) is 170 Å². The van der Waals surface area contributed by atoms with Crippen LogP contribution < -0.4 is 0 Å². The molecule has 4 nitrogen and oxygen atoms in total. The van der Waals surface area contributed by atoms with Crippen molar-refractivity contribution in [3.05, 3.63) is 235 Å². The minimum Gasteiger partial charge on any atom is -0.456 e. The predicted octanol–water partition coefficient (Wildman–Crippen LogP) is 17.5. The molecule has 16 rings (SSSR count). The van der Waals surface area contributed by atoms with Crippen molar-refractivity contribution < 1.29 is 4.42 Å². The van der Waals surface area contributed by atoms with E-state index in [1.54, 1.807) is 22.7 Å². The van der Waals surface area contributed by atoms with Crippen molar-refractivity contribution in [1.29, 1.82) is 0 Å². The van der Waals surface area contributed by atoms with Gasteiger partial charge in [-0.15, -0.1) is 22.7 Å². The maximum absolute atomic E-state index is 6.74. The van der Waals surface area contributed by atoms with Crippen molar-refractivity contribution in [2.45, 2.75) is 5.41 Å². The zero-order valence-electron chi connectivity index (χ0n) is 37.3. The fourth-order valence-electron chi connectivity index (χ4n) is 12.1. The van der Waals surface area contributed by atoms with E-state index in [1.807, 2.05) is 0 Å². The van der Waals surface area contributed by atoms with E-state index in [4.69, 9.17) is 19.4 Å². The molecule has 0 fully saturated rings. The lowest BCUT2D eigenvalue weighted by Gasteiger charge is -2.30. The predicted molar refractivity (Wildman–Crippen MR) is 291 cm³/mol. The molecule has 0 aliphatic heterocycles. The Bertz CT molecular complexity index is 4530. The quantitative estimate of drug-likeness (QED) is 0.176. The highest BCUT2D eigenvalue weighted by atomic mass is 32.1. The van der Waals surface area contributed by atoms with Crippen LogP contribution in [0.25, 0.3) is 130 Å². The second kappa shape index (κ2) is 14.2. The van der Waals surface area contributed by atoms with Gasteiger partial charge in [0.1, 0.15) is 11.2 Å². The summed E-state index contributed by atoms with van der Waals surface area (Å²) in [6.07, 6.45) is 0. The topological polar surface area (TPSA) is 51.8 Å². The first-order valence-corrected chi connectivity index (χ1v) is 25.3. The molecular formula is C64H35N3OS2. The first kappa shape index (κ1) is 38.4. The fourth-order valence-corrected chi connectivity index (χ4v) is 14.4. The van der Waals surface area contributed by atoms with Crippen LogP contribution in [0.5, 0.6) is 0 Å². The molecule has 0 N–H and O–H groups in total. The summed E-state index contributed by atoms with van der Waals surface area (Å²) < 4.78 is 11.6. The van der Waals surface area contributed by atoms with Crippen molar-refractivity contribution in [3.8, 4) is 67.5 Å². The van der Waals surface area contributed by atoms with Crippen LogP contribution in [-0.4, -0.2) is 15.0 Å². The van der Waals surface area contributed by atoms with Crippen molar-refractivity contribution in [2.75, 3.05) is 0 Å². The van der Waals surface area contributed by atoms with E-state index in [2.05, 4.69) is 212 Å². The molecule has 4 aromatic heterocycles. The van der Waals surface area contributed by atoms with E-state index in [0.29, 0.717) is 17.5 Å². The number of hydrogen-bond acceptors (Lipinski definition) is 6. The zero-order chi connectivity index (χ0) is 45.7.